The van der Waals surface area contributed by atoms with Crippen molar-refractivity contribution in [1.82, 2.24) is 0 Å². The summed E-state index contributed by atoms with van der Waals surface area (Å²) in [5.41, 5.74) is 0.423. The molecule has 0 bridgehead atoms. The van der Waals surface area contributed by atoms with Crippen molar-refractivity contribution in [1.29, 1.82) is 0 Å². The van der Waals surface area contributed by atoms with E-state index in [9.17, 15) is 9.18 Å². The fourth-order valence-electron chi connectivity index (χ4n) is 1.66. The number of benzene rings is 2. The first-order chi connectivity index (χ1) is 9.47. The Bertz CT molecular complexity index is 626. The summed E-state index contributed by atoms with van der Waals surface area (Å²) in [6.45, 7) is 1.67. The summed E-state index contributed by atoms with van der Waals surface area (Å²) in [5.74, 6) is 0.0155. The Hall–Kier alpha value is -1.20. The minimum Gasteiger partial charge on any atom is -0.481 e. The van der Waals surface area contributed by atoms with Crippen LogP contribution in [0.15, 0.2) is 51.4 Å². The van der Waals surface area contributed by atoms with Crippen LogP contribution in [0.5, 0.6) is 5.75 Å². The Kier molecular flexibility index (Phi) is 4.94. The Morgan fingerprint density at radius 1 is 1.15 bits per heavy atom. The molecule has 20 heavy (non-hydrogen) atoms. The van der Waals surface area contributed by atoms with Gasteiger partial charge in [0.1, 0.15) is 11.6 Å². The molecule has 0 spiro atoms. The van der Waals surface area contributed by atoms with Crippen LogP contribution in [-0.4, -0.2) is 11.9 Å². The van der Waals surface area contributed by atoms with Crippen LogP contribution in [0.1, 0.15) is 17.3 Å². The van der Waals surface area contributed by atoms with Gasteiger partial charge >= 0.3 is 0 Å². The van der Waals surface area contributed by atoms with Gasteiger partial charge in [0.05, 0.1) is 4.47 Å². The van der Waals surface area contributed by atoms with Crippen molar-refractivity contribution < 1.29 is 13.9 Å². The van der Waals surface area contributed by atoms with Crippen LogP contribution in [0.25, 0.3) is 0 Å². The number of rotatable bonds is 4. The highest BCUT2D eigenvalue weighted by atomic mass is 79.9. The van der Waals surface area contributed by atoms with E-state index in [0.717, 1.165) is 8.95 Å². The van der Waals surface area contributed by atoms with E-state index in [1.165, 1.54) is 24.3 Å². The van der Waals surface area contributed by atoms with E-state index in [2.05, 4.69) is 31.9 Å². The summed E-state index contributed by atoms with van der Waals surface area (Å²) in [4.78, 5) is 12.2. The van der Waals surface area contributed by atoms with Gasteiger partial charge in [0.2, 0.25) is 5.78 Å². The van der Waals surface area contributed by atoms with Crippen molar-refractivity contribution in [3.8, 4) is 5.75 Å². The highest BCUT2D eigenvalue weighted by Gasteiger charge is 2.18. The molecule has 0 radical (unpaired) electrons. The Labute approximate surface area is 133 Å². The lowest BCUT2D eigenvalue weighted by Crippen LogP contribution is -2.24. The smallest absolute Gasteiger partial charge is 0.202 e. The van der Waals surface area contributed by atoms with E-state index >= 15 is 0 Å². The molecule has 5 heteroatoms. The fraction of sp³-hybridized carbons (Fsp3) is 0.133. The quantitative estimate of drug-likeness (QED) is 0.673. The minimum absolute atomic E-state index is 0.195. The average Bonchev–Trinajstić information content (AvgIpc) is 2.42. The van der Waals surface area contributed by atoms with Gasteiger partial charge < -0.3 is 4.74 Å². The molecule has 2 aromatic carbocycles. The minimum atomic E-state index is -0.655. The third-order valence-electron chi connectivity index (χ3n) is 2.70. The van der Waals surface area contributed by atoms with Crippen molar-refractivity contribution in [2.24, 2.45) is 0 Å². The first-order valence-corrected chi connectivity index (χ1v) is 7.47. The van der Waals surface area contributed by atoms with E-state index in [1.54, 1.807) is 13.0 Å². The normalized spacial score (nSPS) is 12.0. The van der Waals surface area contributed by atoms with E-state index in [0.29, 0.717) is 11.3 Å². The van der Waals surface area contributed by atoms with Crippen molar-refractivity contribution in [3.63, 3.8) is 0 Å². The second-order valence-electron chi connectivity index (χ2n) is 4.21. The molecule has 1 atom stereocenters. The molecule has 0 aliphatic rings. The molecule has 0 saturated heterocycles. The van der Waals surface area contributed by atoms with Crippen LogP contribution in [0, 0.1) is 5.82 Å². The third kappa shape index (κ3) is 3.67. The molecular weight excluding hydrogens is 391 g/mol. The molecule has 0 saturated carbocycles. The molecule has 0 N–H and O–H groups in total. The summed E-state index contributed by atoms with van der Waals surface area (Å²) >= 11 is 6.72. The van der Waals surface area contributed by atoms with Crippen molar-refractivity contribution in [2.75, 3.05) is 0 Å². The number of ketones is 1. The van der Waals surface area contributed by atoms with Gasteiger partial charge in [-0.15, -0.1) is 0 Å². The average molecular weight is 402 g/mol. The van der Waals surface area contributed by atoms with Crippen LogP contribution in [0.4, 0.5) is 4.39 Å². The van der Waals surface area contributed by atoms with E-state index in [1.807, 2.05) is 12.1 Å². The van der Waals surface area contributed by atoms with Gasteiger partial charge in [-0.25, -0.2) is 4.39 Å². The molecule has 0 heterocycles. The predicted octanol–water partition coefficient (Wildman–Crippen LogP) is 5.00. The van der Waals surface area contributed by atoms with Gasteiger partial charge in [-0.2, -0.15) is 0 Å². The largest absolute Gasteiger partial charge is 0.481 e. The molecule has 2 rings (SSSR count). The zero-order chi connectivity index (χ0) is 14.7. The van der Waals surface area contributed by atoms with Gasteiger partial charge in [-0.1, -0.05) is 15.9 Å². The zero-order valence-electron chi connectivity index (χ0n) is 10.6. The molecule has 1 unspecified atom stereocenters. The van der Waals surface area contributed by atoms with Gasteiger partial charge in [0, 0.05) is 10.0 Å². The van der Waals surface area contributed by atoms with Crippen LogP contribution in [-0.2, 0) is 0 Å². The standard InChI is InChI=1S/C15H11Br2FO2/c1-9(15(19)10-2-5-12(18)6-3-10)20-14-7-4-11(16)8-13(14)17/h2-9H,1H3. The lowest BCUT2D eigenvalue weighted by atomic mass is 10.1. The molecule has 2 nitrogen and oxygen atoms in total. The van der Waals surface area contributed by atoms with Crippen LogP contribution in [0.2, 0.25) is 0 Å². The number of Topliss-reactive ketones (excluding diaryl/α,β-unsaturated/α-hetero) is 1. The Morgan fingerprint density at radius 2 is 1.80 bits per heavy atom. The van der Waals surface area contributed by atoms with Crippen molar-refractivity contribution >= 4 is 37.6 Å². The summed E-state index contributed by atoms with van der Waals surface area (Å²) < 4.78 is 20.1. The molecule has 0 aliphatic carbocycles. The predicted molar refractivity (Wildman–Crippen MR) is 82.7 cm³/mol. The molecule has 0 aliphatic heterocycles. The maximum atomic E-state index is 12.8. The Morgan fingerprint density at radius 3 is 2.40 bits per heavy atom. The number of hydrogen-bond acceptors (Lipinski definition) is 2. The first kappa shape index (κ1) is 15.2. The number of ether oxygens (including phenoxy) is 1. The lowest BCUT2D eigenvalue weighted by molar-refractivity contribution is 0.0817. The summed E-state index contributed by atoms with van der Waals surface area (Å²) in [7, 11) is 0. The van der Waals surface area contributed by atoms with E-state index < -0.39 is 6.10 Å². The summed E-state index contributed by atoms with van der Waals surface area (Å²) in [5, 5.41) is 0. The number of carbonyl (C=O) groups excluding carboxylic acids is 1. The van der Waals surface area contributed by atoms with Crippen LogP contribution in [0.3, 0.4) is 0 Å². The molecule has 0 fully saturated rings. The summed E-state index contributed by atoms with van der Waals surface area (Å²) in [6, 6.07) is 10.9. The van der Waals surface area contributed by atoms with Gasteiger partial charge in [-0.3, -0.25) is 4.79 Å². The molecule has 0 aromatic heterocycles. The molecule has 2 aromatic rings. The second kappa shape index (κ2) is 6.50. The van der Waals surface area contributed by atoms with Crippen LogP contribution < -0.4 is 4.74 Å². The third-order valence-corrected chi connectivity index (χ3v) is 3.81. The molecular formula is C15H11Br2FO2. The number of halogens is 3. The molecule has 0 amide bonds. The second-order valence-corrected chi connectivity index (χ2v) is 5.98. The first-order valence-electron chi connectivity index (χ1n) is 5.89. The number of hydrogen-bond donors (Lipinski definition) is 0. The molecule has 104 valence electrons. The Balaban J connectivity index is 2.13. The highest BCUT2D eigenvalue weighted by Crippen LogP contribution is 2.29. The number of carbonyl (C=O) groups is 1. The summed E-state index contributed by atoms with van der Waals surface area (Å²) in [6.07, 6.45) is -0.655. The van der Waals surface area contributed by atoms with Gasteiger partial charge in [0.15, 0.2) is 6.10 Å². The van der Waals surface area contributed by atoms with Gasteiger partial charge in [0.25, 0.3) is 0 Å². The maximum absolute atomic E-state index is 12.8. The van der Waals surface area contributed by atoms with Crippen molar-refractivity contribution in [3.05, 3.63) is 62.8 Å². The zero-order valence-corrected chi connectivity index (χ0v) is 13.7. The van der Waals surface area contributed by atoms with E-state index in [4.69, 9.17) is 4.74 Å². The maximum Gasteiger partial charge on any atom is 0.202 e. The SMILES string of the molecule is CC(Oc1ccc(Br)cc1Br)C(=O)c1ccc(F)cc1. The fourth-order valence-corrected chi connectivity index (χ4v) is 2.80. The van der Waals surface area contributed by atoms with Crippen molar-refractivity contribution in [2.45, 2.75) is 13.0 Å². The van der Waals surface area contributed by atoms with Crippen LogP contribution >= 0.6 is 31.9 Å². The lowest BCUT2D eigenvalue weighted by Gasteiger charge is -2.15. The monoisotopic (exact) mass is 400 g/mol. The van der Waals surface area contributed by atoms with Gasteiger partial charge in [-0.05, 0) is 65.3 Å². The highest BCUT2D eigenvalue weighted by molar-refractivity contribution is 9.11. The van der Waals surface area contributed by atoms with E-state index in [-0.39, 0.29) is 11.6 Å². The topological polar surface area (TPSA) is 26.3 Å².